The quantitative estimate of drug-likeness (QED) is 0.818. The molecule has 2 aromatic carbocycles. The molecule has 0 aromatic heterocycles. The van der Waals surface area contributed by atoms with Crippen molar-refractivity contribution in [2.45, 2.75) is 19.4 Å². The maximum absolute atomic E-state index is 13.8. The van der Waals surface area contributed by atoms with Crippen LogP contribution in [-0.2, 0) is 11.3 Å². The van der Waals surface area contributed by atoms with E-state index in [1.165, 1.54) is 13.0 Å². The third-order valence-electron chi connectivity index (χ3n) is 3.60. The topological polar surface area (TPSA) is 58.6 Å². The van der Waals surface area contributed by atoms with Gasteiger partial charge in [-0.05, 0) is 25.1 Å². The fourth-order valence-corrected chi connectivity index (χ4v) is 2.34. The summed E-state index contributed by atoms with van der Waals surface area (Å²) in [5, 5.41) is 11.5. The highest BCUT2D eigenvalue weighted by atomic mass is 19.1. The van der Waals surface area contributed by atoms with Crippen LogP contribution in [0.4, 0.5) is 8.78 Å². The Morgan fingerprint density at radius 2 is 1.83 bits per heavy atom. The molecule has 0 bridgehead atoms. The van der Waals surface area contributed by atoms with Crippen LogP contribution in [0.3, 0.4) is 0 Å². The van der Waals surface area contributed by atoms with E-state index in [4.69, 9.17) is 9.84 Å². The number of aliphatic hydroxyl groups excluding tert-OH is 1. The summed E-state index contributed by atoms with van der Waals surface area (Å²) in [5.41, 5.74) is 0.459. The van der Waals surface area contributed by atoms with Gasteiger partial charge in [-0.2, -0.15) is 0 Å². The van der Waals surface area contributed by atoms with Gasteiger partial charge in [-0.15, -0.1) is 0 Å². The average molecular weight is 335 g/mol. The third kappa shape index (κ3) is 4.29. The largest absolute Gasteiger partial charge is 0.491 e. The smallest absolute Gasteiger partial charge is 0.227 e. The van der Waals surface area contributed by atoms with Gasteiger partial charge in [0.1, 0.15) is 24.0 Å². The summed E-state index contributed by atoms with van der Waals surface area (Å²) in [4.78, 5) is 12.2. The van der Waals surface area contributed by atoms with E-state index >= 15 is 0 Å². The van der Waals surface area contributed by atoms with Gasteiger partial charge in [0.25, 0.3) is 0 Å². The molecule has 2 rings (SSSR count). The Bertz CT molecular complexity index is 686. The lowest BCUT2D eigenvalue weighted by Crippen LogP contribution is -2.28. The number of hydrogen-bond acceptors (Lipinski definition) is 3. The second kappa shape index (κ2) is 8.40. The predicted octanol–water partition coefficient (Wildman–Crippen LogP) is 2.76. The lowest BCUT2D eigenvalue weighted by Gasteiger charge is -2.15. The minimum atomic E-state index is -0.961. The summed E-state index contributed by atoms with van der Waals surface area (Å²) in [6.07, 6.45) is 0. The van der Waals surface area contributed by atoms with Gasteiger partial charge in [-0.25, -0.2) is 8.78 Å². The summed E-state index contributed by atoms with van der Waals surface area (Å²) in [7, 11) is 0. The molecule has 0 saturated heterocycles. The van der Waals surface area contributed by atoms with Crippen molar-refractivity contribution in [2.24, 2.45) is 0 Å². The highest BCUT2D eigenvalue weighted by molar-refractivity contribution is 5.83. The van der Waals surface area contributed by atoms with Crippen molar-refractivity contribution < 1.29 is 23.4 Å². The molecule has 128 valence electrons. The van der Waals surface area contributed by atoms with Crippen LogP contribution >= 0.6 is 0 Å². The number of nitrogens with one attached hydrogen (secondary N) is 1. The number of benzene rings is 2. The van der Waals surface area contributed by atoms with Gasteiger partial charge in [0, 0.05) is 17.7 Å². The van der Waals surface area contributed by atoms with Gasteiger partial charge in [-0.1, -0.05) is 24.3 Å². The maximum Gasteiger partial charge on any atom is 0.227 e. The van der Waals surface area contributed by atoms with E-state index in [0.717, 1.165) is 12.1 Å². The van der Waals surface area contributed by atoms with Crippen LogP contribution in [0.2, 0.25) is 0 Å². The zero-order valence-corrected chi connectivity index (χ0v) is 13.3. The minimum absolute atomic E-state index is 0.121. The monoisotopic (exact) mass is 335 g/mol. The molecule has 1 amide bonds. The van der Waals surface area contributed by atoms with E-state index in [9.17, 15) is 13.6 Å². The number of rotatable bonds is 7. The molecule has 2 aromatic rings. The summed E-state index contributed by atoms with van der Waals surface area (Å²) in [5.74, 6) is -2.40. The summed E-state index contributed by atoms with van der Waals surface area (Å²) in [6, 6.07) is 10.6. The number of carbonyl (C=O) groups excluding carboxylic acids is 1. The predicted molar refractivity (Wildman–Crippen MR) is 85.6 cm³/mol. The van der Waals surface area contributed by atoms with Crippen LogP contribution in [0.5, 0.6) is 5.75 Å². The third-order valence-corrected chi connectivity index (χ3v) is 3.60. The van der Waals surface area contributed by atoms with Crippen molar-refractivity contribution in [1.82, 2.24) is 5.32 Å². The first-order chi connectivity index (χ1) is 11.5. The lowest BCUT2D eigenvalue weighted by molar-refractivity contribution is -0.122. The van der Waals surface area contributed by atoms with E-state index < -0.39 is 23.5 Å². The van der Waals surface area contributed by atoms with Crippen LogP contribution in [0.25, 0.3) is 0 Å². The second-order valence-electron chi connectivity index (χ2n) is 5.25. The van der Waals surface area contributed by atoms with Crippen LogP contribution in [0, 0.1) is 11.6 Å². The van der Waals surface area contributed by atoms with Gasteiger partial charge >= 0.3 is 0 Å². The molecule has 0 fully saturated rings. The number of halogens is 2. The average Bonchev–Trinajstić information content (AvgIpc) is 2.58. The first-order valence-corrected chi connectivity index (χ1v) is 7.57. The Balaban J connectivity index is 2.06. The molecule has 6 heteroatoms. The molecular weight excluding hydrogens is 316 g/mol. The van der Waals surface area contributed by atoms with Gasteiger partial charge < -0.3 is 15.2 Å². The van der Waals surface area contributed by atoms with Crippen molar-refractivity contribution in [3.8, 4) is 5.75 Å². The molecule has 0 aliphatic rings. The number of ether oxygens (including phenoxy) is 1. The van der Waals surface area contributed by atoms with E-state index in [2.05, 4.69) is 5.32 Å². The lowest BCUT2D eigenvalue weighted by atomic mass is 9.99. The fourth-order valence-electron chi connectivity index (χ4n) is 2.34. The van der Waals surface area contributed by atoms with Gasteiger partial charge in [-0.3, -0.25) is 4.79 Å². The Hall–Kier alpha value is -2.47. The van der Waals surface area contributed by atoms with Crippen molar-refractivity contribution in [3.05, 3.63) is 65.2 Å². The first-order valence-electron chi connectivity index (χ1n) is 7.57. The molecule has 4 nitrogen and oxygen atoms in total. The molecule has 1 unspecified atom stereocenters. The number of para-hydroxylation sites is 1. The van der Waals surface area contributed by atoms with Crippen LogP contribution in [-0.4, -0.2) is 24.2 Å². The summed E-state index contributed by atoms with van der Waals surface area (Å²) < 4.78 is 32.9. The van der Waals surface area contributed by atoms with Crippen LogP contribution in [0.1, 0.15) is 24.0 Å². The molecular formula is C18H19F2NO3. The van der Waals surface area contributed by atoms with Crippen LogP contribution in [0.15, 0.2) is 42.5 Å². The molecule has 0 radical (unpaired) electrons. The van der Waals surface area contributed by atoms with Gasteiger partial charge in [0.2, 0.25) is 5.91 Å². The molecule has 0 saturated carbocycles. The highest BCUT2D eigenvalue weighted by Gasteiger charge is 2.22. The van der Waals surface area contributed by atoms with E-state index in [1.54, 1.807) is 24.3 Å². The van der Waals surface area contributed by atoms with Crippen LogP contribution < -0.4 is 10.1 Å². The minimum Gasteiger partial charge on any atom is -0.491 e. The maximum atomic E-state index is 13.8. The molecule has 0 aliphatic carbocycles. The first kappa shape index (κ1) is 17.9. The molecule has 0 heterocycles. The molecule has 0 spiro atoms. The molecule has 1 atom stereocenters. The van der Waals surface area contributed by atoms with Crippen molar-refractivity contribution >= 4 is 5.91 Å². The van der Waals surface area contributed by atoms with Gasteiger partial charge in [0.15, 0.2) is 0 Å². The van der Waals surface area contributed by atoms with E-state index in [0.29, 0.717) is 11.3 Å². The van der Waals surface area contributed by atoms with Crippen molar-refractivity contribution in [2.75, 3.05) is 13.2 Å². The van der Waals surface area contributed by atoms with Crippen molar-refractivity contribution in [3.63, 3.8) is 0 Å². The Morgan fingerprint density at radius 3 is 2.50 bits per heavy atom. The summed E-state index contributed by atoms with van der Waals surface area (Å²) in [6.45, 7) is 1.62. The standard InChI is InChI=1S/C18H19F2NO3/c1-12(17-14(19)6-4-7-15(17)20)18(23)21-11-13-5-2-3-8-16(13)24-10-9-22/h2-8,12,22H,9-11H2,1H3,(H,21,23). The number of carbonyl (C=O) groups is 1. The fraction of sp³-hybridized carbons (Fsp3) is 0.278. The van der Waals surface area contributed by atoms with E-state index in [-0.39, 0.29) is 25.3 Å². The number of amides is 1. The molecule has 24 heavy (non-hydrogen) atoms. The Morgan fingerprint density at radius 1 is 1.17 bits per heavy atom. The highest BCUT2D eigenvalue weighted by Crippen LogP contribution is 2.23. The Labute approximate surface area is 139 Å². The summed E-state index contributed by atoms with van der Waals surface area (Å²) >= 11 is 0. The second-order valence-corrected chi connectivity index (χ2v) is 5.25. The Kier molecular flexibility index (Phi) is 6.26. The zero-order chi connectivity index (χ0) is 17.5. The van der Waals surface area contributed by atoms with Crippen molar-refractivity contribution in [1.29, 1.82) is 0 Å². The number of hydrogen-bond donors (Lipinski definition) is 2. The van der Waals surface area contributed by atoms with Gasteiger partial charge in [0.05, 0.1) is 12.5 Å². The normalized spacial score (nSPS) is 11.8. The molecule has 2 N–H and O–H groups in total. The molecule has 0 aliphatic heterocycles. The van der Waals surface area contributed by atoms with E-state index in [1.807, 2.05) is 0 Å². The number of aliphatic hydroxyl groups is 1. The zero-order valence-electron chi connectivity index (χ0n) is 13.3. The SMILES string of the molecule is CC(C(=O)NCc1ccccc1OCCO)c1c(F)cccc1F.